The third kappa shape index (κ3) is 5.49. The highest BCUT2D eigenvalue weighted by Crippen LogP contribution is 2.27. The van der Waals surface area contributed by atoms with Gasteiger partial charge in [0, 0.05) is 34.8 Å². The van der Waals surface area contributed by atoms with E-state index in [9.17, 15) is 14.0 Å². The van der Waals surface area contributed by atoms with E-state index in [1.54, 1.807) is 59.4 Å². The Labute approximate surface area is 197 Å². The Balaban J connectivity index is 1.71. The van der Waals surface area contributed by atoms with Crippen molar-refractivity contribution in [1.29, 1.82) is 0 Å². The summed E-state index contributed by atoms with van der Waals surface area (Å²) in [5.74, 6) is -0.750. The first kappa shape index (κ1) is 23.2. The molecule has 0 fully saturated rings. The molecule has 2 N–H and O–H groups in total. The van der Waals surface area contributed by atoms with Crippen molar-refractivity contribution in [2.24, 2.45) is 5.41 Å². The fourth-order valence-electron chi connectivity index (χ4n) is 3.82. The maximum atomic E-state index is 14.4. The zero-order valence-electron chi connectivity index (χ0n) is 19.4. The summed E-state index contributed by atoms with van der Waals surface area (Å²) < 4.78 is 16.2. The zero-order chi connectivity index (χ0) is 24.3. The summed E-state index contributed by atoms with van der Waals surface area (Å²) in [7, 11) is 0. The highest BCUT2D eigenvalue weighted by molar-refractivity contribution is 6.07. The molecule has 4 rings (SSSR count). The number of rotatable bonds is 6. The first-order valence-corrected chi connectivity index (χ1v) is 11.1. The Morgan fingerprint density at radius 1 is 0.971 bits per heavy atom. The first-order valence-electron chi connectivity index (χ1n) is 11.1. The van der Waals surface area contributed by atoms with Crippen LogP contribution in [0.25, 0.3) is 10.9 Å². The number of hydrogen-bond donors (Lipinski definition) is 2. The van der Waals surface area contributed by atoms with Crippen molar-refractivity contribution in [1.82, 2.24) is 9.55 Å². The second kappa shape index (κ2) is 9.47. The molecule has 4 aromatic rings. The molecule has 0 atom stereocenters. The molecule has 0 unspecified atom stereocenters. The molecular formula is C27H27FN4O2. The number of carbonyl (C=O) groups excluding carboxylic acids is 2. The molecule has 0 spiro atoms. The van der Waals surface area contributed by atoms with Crippen LogP contribution >= 0.6 is 0 Å². The van der Waals surface area contributed by atoms with Gasteiger partial charge in [-0.3, -0.25) is 14.6 Å². The van der Waals surface area contributed by atoms with E-state index in [1.807, 2.05) is 32.9 Å². The van der Waals surface area contributed by atoms with Crippen LogP contribution in [0.5, 0.6) is 0 Å². The van der Waals surface area contributed by atoms with E-state index < -0.39 is 0 Å². The molecule has 2 amide bonds. The number of anilines is 2. The summed E-state index contributed by atoms with van der Waals surface area (Å²) in [6.07, 6.45) is 3.57. The lowest BCUT2D eigenvalue weighted by Crippen LogP contribution is -2.19. The van der Waals surface area contributed by atoms with Crippen LogP contribution in [0.3, 0.4) is 0 Å². The van der Waals surface area contributed by atoms with Crippen LogP contribution < -0.4 is 10.6 Å². The SMILES string of the molecule is CC(C)(C)CC(=O)Nc1ccc2c(c1)cc(C(=O)Nc1cccnc1)n2Cc1ccccc1F. The Bertz CT molecular complexity index is 1340. The molecule has 2 heterocycles. The predicted molar refractivity (Wildman–Crippen MR) is 132 cm³/mol. The molecule has 0 aliphatic heterocycles. The van der Waals surface area contributed by atoms with Gasteiger partial charge in [-0.1, -0.05) is 39.0 Å². The topological polar surface area (TPSA) is 76.0 Å². The number of carbonyl (C=O) groups is 2. The minimum atomic E-state index is -0.339. The van der Waals surface area contributed by atoms with Crippen molar-refractivity contribution in [3.8, 4) is 0 Å². The van der Waals surface area contributed by atoms with Crippen molar-refractivity contribution in [2.45, 2.75) is 33.7 Å². The second-order valence-corrected chi connectivity index (χ2v) is 9.46. The predicted octanol–water partition coefficient (Wildman–Crippen LogP) is 5.85. The van der Waals surface area contributed by atoms with Crippen LogP contribution in [0.15, 0.2) is 73.1 Å². The van der Waals surface area contributed by atoms with Gasteiger partial charge in [0.15, 0.2) is 0 Å². The van der Waals surface area contributed by atoms with Crippen molar-refractivity contribution < 1.29 is 14.0 Å². The fourth-order valence-corrected chi connectivity index (χ4v) is 3.82. The maximum absolute atomic E-state index is 14.4. The Kier molecular flexibility index (Phi) is 6.45. The van der Waals surface area contributed by atoms with Crippen LogP contribution in [0.4, 0.5) is 15.8 Å². The zero-order valence-corrected chi connectivity index (χ0v) is 19.4. The van der Waals surface area contributed by atoms with Crippen LogP contribution in [-0.4, -0.2) is 21.4 Å². The second-order valence-electron chi connectivity index (χ2n) is 9.46. The van der Waals surface area contributed by atoms with Crippen LogP contribution in [0.2, 0.25) is 0 Å². The van der Waals surface area contributed by atoms with Crippen LogP contribution in [0.1, 0.15) is 43.2 Å². The van der Waals surface area contributed by atoms with E-state index in [4.69, 9.17) is 0 Å². The van der Waals surface area contributed by atoms with Crippen molar-refractivity contribution in [3.05, 3.63) is 90.1 Å². The molecular weight excluding hydrogens is 431 g/mol. The molecule has 174 valence electrons. The number of halogens is 1. The lowest BCUT2D eigenvalue weighted by Gasteiger charge is -2.17. The minimum Gasteiger partial charge on any atom is -0.332 e. The number of nitrogens with one attached hydrogen (secondary N) is 2. The standard InChI is InChI=1S/C27H27FN4O2/c1-27(2,3)15-25(33)30-20-10-11-23-19(13-20)14-24(26(34)31-21-8-6-12-29-16-21)32(23)17-18-7-4-5-9-22(18)28/h4-14,16H,15,17H2,1-3H3,(H,30,33)(H,31,34). The molecule has 0 saturated carbocycles. The molecule has 6 nitrogen and oxygen atoms in total. The number of benzene rings is 2. The maximum Gasteiger partial charge on any atom is 0.272 e. The Morgan fingerprint density at radius 2 is 1.76 bits per heavy atom. The fraction of sp³-hybridized carbons (Fsp3) is 0.222. The smallest absolute Gasteiger partial charge is 0.272 e. The summed E-state index contributed by atoms with van der Waals surface area (Å²) in [6.45, 7) is 6.20. The number of hydrogen-bond acceptors (Lipinski definition) is 3. The summed E-state index contributed by atoms with van der Waals surface area (Å²) in [4.78, 5) is 29.6. The van der Waals surface area contributed by atoms with Gasteiger partial charge in [-0.2, -0.15) is 0 Å². The van der Waals surface area contributed by atoms with Crippen LogP contribution in [-0.2, 0) is 11.3 Å². The first-order chi connectivity index (χ1) is 16.2. The summed E-state index contributed by atoms with van der Waals surface area (Å²) in [6, 6.07) is 17.2. The molecule has 0 aliphatic carbocycles. The Hall–Kier alpha value is -4.00. The van der Waals surface area contributed by atoms with Gasteiger partial charge >= 0.3 is 0 Å². The van der Waals surface area contributed by atoms with Gasteiger partial charge in [-0.05, 0) is 47.9 Å². The normalized spacial score (nSPS) is 11.4. The number of amides is 2. The molecule has 0 saturated heterocycles. The number of fused-ring (bicyclic) bond motifs is 1. The third-order valence-corrected chi connectivity index (χ3v) is 5.31. The van der Waals surface area contributed by atoms with Crippen molar-refractivity contribution in [3.63, 3.8) is 0 Å². The highest BCUT2D eigenvalue weighted by Gasteiger charge is 2.19. The molecule has 2 aromatic carbocycles. The van der Waals surface area contributed by atoms with Gasteiger partial charge in [0.05, 0.1) is 18.4 Å². The van der Waals surface area contributed by atoms with E-state index in [0.29, 0.717) is 29.1 Å². The van der Waals surface area contributed by atoms with Gasteiger partial charge in [-0.25, -0.2) is 4.39 Å². The highest BCUT2D eigenvalue weighted by atomic mass is 19.1. The van der Waals surface area contributed by atoms with Crippen molar-refractivity contribution in [2.75, 3.05) is 10.6 Å². The lowest BCUT2D eigenvalue weighted by atomic mass is 9.92. The number of aromatic nitrogens is 2. The molecule has 2 aromatic heterocycles. The molecule has 34 heavy (non-hydrogen) atoms. The molecule has 0 radical (unpaired) electrons. The number of pyridine rings is 1. The van der Waals surface area contributed by atoms with Gasteiger partial charge in [0.25, 0.3) is 5.91 Å². The Morgan fingerprint density at radius 3 is 2.47 bits per heavy atom. The summed E-state index contributed by atoms with van der Waals surface area (Å²) >= 11 is 0. The summed E-state index contributed by atoms with van der Waals surface area (Å²) in [5, 5.41) is 6.54. The van der Waals surface area contributed by atoms with Gasteiger partial charge in [0.2, 0.25) is 5.91 Å². The van der Waals surface area contributed by atoms with E-state index >= 15 is 0 Å². The lowest BCUT2D eigenvalue weighted by molar-refractivity contribution is -0.117. The van der Waals surface area contributed by atoms with E-state index in [0.717, 1.165) is 10.9 Å². The third-order valence-electron chi connectivity index (χ3n) is 5.31. The van der Waals surface area contributed by atoms with Gasteiger partial charge < -0.3 is 15.2 Å². The summed E-state index contributed by atoms with van der Waals surface area (Å²) in [5.41, 5.74) is 2.68. The quantitative estimate of drug-likeness (QED) is 0.380. The largest absolute Gasteiger partial charge is 0.332 e. The average molecular weight is 459 g/mol. The minimum absolute atomic E-state index is 0.0767. The molecule has 0 aliphatic rings. The monoisotopic (exact) mass is 458 g/mol. The van der Waals surface area contributed by atoms with E-state index in [2.05, 4.69) is 15.6 Å². The molecule has 0 bridgehead atoms. The van der Waals surface area contributed by atoms with Crippen molar-refractivity contribution >= 4 is 34.1 Å². The van der Waals surface area contributed by atoms with Crippen LogP contribution in [0, 0.1) is 11.2 Å². The van der Waals surface area contributed by atoms with Gasteiger partial charge in [0.1, 0.15) is 11.5 Å². The molecule has 7 heteroatoms. The average Bonchev–Trinajstić information content (AvgIpc) is 3.12. The number of nitrogens with zero attached hydrogens (tertiary/aromatic N) is 2. The van der Waals surface area contributed by atoms with E-state index in [-0.39, 0.29) is 29.6 Å². The van der Waals surface area contributed by atoms with Gasteiger partial charge in [-0.15, -0.1) is 0 Å². The van der Waals surface area contributed by atoms with E-state index in [1.165, 1.54) is 6.07 Å².